The molecule has 0 unspecified atom stereocenters. The Balaban J connectivity index is 1.40. The van der Waals surface area contributed by atoms with Gasteiger partial charge in [0.15, 0.2) is 6.04 Å². The third kappa shape index (κ3) is 5.90. The first kappa shape index (κ1) is 22.0. The van der Waals surface area contributed by atoms with Crippen molar-refractivity contribution in [1.82, 2.24) is 0 Å². The molecule has 1 heterocycles. The molecule has 2 aromatic carbocycles. The van der Waals surface area contributed by atoms with E-state index >= 15 is 0 Å². The topological polar surface area (TPSA) is 56.4 Å². The van der Waals surface area contributed by atoms with Crippen molar-refractivity contribution in [2.45, 2.75) is 13.0 Å². The van der Waals surface area contributed by atoms with Gasteiger partial charge in [-0.15, -0.1) is 0 Å². The van der Waals surface area contributed by atoms with Gasteiger partial charge in [0.2, 0.25) is 0 Å². The maximum Gasteiger partial charge on any atom is 0.282 e. The molecule has 6 nitrogen and oxygen atoms in total. The zero-order valence-corrected chi connectivity index (χ0v) is 17.3. The zero-order valence-electron chi connectivity index (χ0n) is 17.3. The fraction of sp³-hybridized carbons (Fsp3) is 0.409. The van der Waals surface area contributed by atoms with Crippen LogP contribution in [0.5, 0.6) is 11.5 Å². The Kier molecular flexibility index (Phi) is 7.59. The van der Waals surface area contributed by atoms with Gasteiger partial charge < -0.3 is 24.6 Å². The Hall–Kier alpha value is -2.71. The van der Waals surface area contributed by atoms with Crippen molar-refractivity contribution < 1.29 is 32.8 Å². The van der Waals surface area contributed by atoms with Gasteiger partial charge in [0, 0.05) is 6.07 Å². The van der Waals surface area contributed by atoms with Gasteiger partial charge >= 0.3 is 0 Å². The lowest BCUT2D eigenvalue weighted by Crippen LogP contribution is -3.30. The van der Waals surface area contributed by atoms with Gasteiger partial charge in [-0.1, -0.05) is 0 Å². The van der Waals surface area contributed by atoms with E-state index < -0.39 is 11.6 Å². The second kappa shape index (κ2) is 10.4. The maximum absolute atomic E-state index is 13.8. The fourth-order valence-corrected chi connectivity index (χ4v) is 3.61. The number of amides is 1. The van der Waals surface area contributed by atoms with Crippen LogP contribution in [0, 0.1) is 11.6 Å². The summed E-state index contributed by atoms with van der Waals surface area (Å²) in [6, 6.07) is 10.3. The molecule has 1 saturated heterocycles. The summed E-state index contributed by atoms with van der Waals surface area (Å²) in [5.74, 6) is -0.0807. The summed E-state index contributed by atoms with van der Waals surface area (Å²) in [5.41, 5.74) is 0.00703. The average Bonchev–Trinajstić information content (AvgIpc) is 2.76. The molecule has 1 fully saturated rings. The van der Waals surface area contributed by atoms with Crippen LogP contribution < -0.4 is 24.6 Å². The summed E-state index contributed by atoms with van der Waals surface area (Å²) in [5, 5.41) is 2.57. The molecule has 0 aliphatic carbocycles. The Morgan fingerprint density at radius 1 is 1.07 bits per heavy atom. The number of rotatable bonds is 8. The number of piperazine rings is 1. The first-order valence-corrected chi connectivity index (χ1v) is 10.2. The van der Waals surface area contributed by atoms with Crippen molar-refractivity contribution in [2.24, 2.45) is 0 Å². The largest absolute Gasteiger partial charge is 0.497 e. The lowest BCUT2D eigenvalue weighted by atomic mass is 10.2. The van der Waals surface area contributed by atoms with Crippen molar-refractivity contribution in [1.29, 1.82) is 0 Å². The van der Waals surface area contributed by atoms with Gasteiger partial charge in [-0.2, -0.15) is 0 Å². The first-order valence-electron chi connectivity index (χ1n) is 10.2. The van der Waals surface area contributed by atoms with Crippen LogP contribution in [0.3, 0.4) is 0 Å². The maximum atomic E-state index is 13.8. The number of methoxy groups -OCH3 is 1. The van der Waals surface area contributed by atoms with Crippen molar-refractivity contribution in [3.05, 3.63) is 54.1 Å². The number of hydrogen-bond acceptors (Lipinski definition) is 3. The molecule has 1 amide bonds. The van der Waals surface area contributed by atoms with Crippen LogP contribution in [0.15, 0.2) is 42.5 Å². The number of halogens is 2. The second-order valence-electron chi connectivity index (χ2n) is 7.52. The highest BCUT2D eigenvalue weighted by molar-refractivity contribution is 5.93. The molecular weight excluding hydrogens is 392 g/mol. The summed E-state index contributed by atoms with van der Waals surface area (Å²) in [6.45, 7) is 6.91. The Bertz CT molecular complexity index is 840. The van der Waals surface area contributed by atoms with Crippen LogP contribution in [0.1, 0.15) is 6.92 Å². The standard InChI is InChI=1S/C22H27F2N3O3/c1-16(22(28)25-21-8-3-17(23)15-20(21)24)27-11-9-26(10-12-27)13-14-30-19-6-4-18(29-2)5-7-19/h3-8,15-16H,9-14H2,1-2H3,(H,25,28)/p+2/t16-/m1/s1. The van der Waals surface area contributed by atoms with E-state index in [1.807, 2.05) is 31.2 Å². The quantitative estimate of drug-likeness (QED) is 0.570. The number of ether oxygens (including phenoxy) is 2. The average molecular weight is 421 g/mol. The molecule has 0 spiro atoms. The van der Waals surface area contributed by atoms with E-state index in [0.29, 0.717) is 6.61 Å². The lowest BCUT2D eigenvalue weighted by Gasteiger charge is -2.32. The van der Waals surface area contributed by atoms with E-state index in [-0.39, 0.29) is 17.6 Å². The fourth-order valence-electron chi connectivity index (χ4n) is 3.61. The normalized spacial score (nSPS) is 19.7. The third-order valence-electron chi connectivity index (χ3n) is 5.58. The predicted molar refractivity (Wildman–Crippen MR) is 109 cm³/mol. The summed E-state index contributed by atoms with van der Waals surface area (Å²) < 4.78 is 37.7. The van der Waals surface area contributed by atoms with Crippen molar-refractivity contribution >= 4 is 11.6 Å². The van der Waals surface area contributed by atoms with E-state index in [1.165, 1.54) is 11.0 Å². The van der Waals surface area contributed by atoms with Crippen LogP contribution in [0.25, 0.3) is 0 Å². The first-order chi connectivity index (χ1) is 14.5. The summed E-state index contributed by atoms with van der Waals surface area (Å²) in [7, 11) is 1.63. The second-order valence-corrected chi connectivity index (χ2v) is 7.52. The molecule has 30 heavy (non-hydrogen) atoms. The Morgan fingerprint density at radius 3 is 2.37 bits per heavy atom. The van der Waals surface area contributed by atoms with Gasteiger partial charge in [-0.05, 0) is 43.3 Å². The molecule has 1 atom stereocenters. The molecule has 1 aliphatic heterocycles. The smallest absolute Gasteiger partial charge is 0.282 e. The Labute approximate surface area is 175 Å². The van der Waals surface area contributed by atoms with E-state index in [0.717, 1.165) is 61.3 Å². The number of hydrogen-bond donors (Lipinski definition) is 3. The molecule has 162 valence electrons. The lowest BCUT2D eigenvalue weighted by molar-refractivity contribution is -1.02. The minimum atomic E-state index is -0.767. The van der Waals surface area contributed by atoms with Crippen LogP contribution in [-0.2, 0) is 4.79 Å². The molecule has 3 rings (SSSR count). The predicted octanol–water partition coefficient (Wildman–Crippen LogP) is 0.163. The highest BCUT2D eigenvalue weighted by atomic mass is 19.1. The van der Waals surface area contributed by atoms with Crippen LogP contribution in [0.4, 0.5) is 14.5 Å². The Morgan fingerprint density at radius 2 is 1.73 bits per heavy atom. The van der Waals surface area contributed by atoms with Crippen molar-refractivity contribution in [2.75, 3.05) is 51.8 Å². The van der Waals surface area contributed by atoms with Crippen molar-refractivity contribution in [3.63, 3.8) is 0 Å². The monoisotopic (exact) mass is 421 g/mol. The SMILES string of the molecule is COc1ccc(OCC[NH+]2CC[NH+]([C@H](C)C(=O)Nc3ccc(F)cc3F)CC2)cc1. The van der Waals surface area contributed by atoms with Gasteiger partial charge in [0.1, 0.15) is 62.5 Å². The van der Waals surface area contributed by atoms with Crippen LogP contribution in [-0.4, -0.2) is 58.4 Å². The molecule has 0 radical (unpaired) electrons. The number of carbonyl (C=O) groups excluding carboxylic acids is 1. The van der Waals surface area contributed by atoms with Gasteiger partial charge in [-0.3, -0.25) is 4.79 Å². The number of nitrogens with one attached hydrogen (secondary N) is 3. The van der Waals surface area contributed by atoms with Crippen molar-refractivity contribution in [3.8, 4) is 11.5 Å². The summed E-state index contributed by atoms with van der Waals surface area (Å²) in [4.78, 5) is 15.1. The number of quaternary nitrogens is 2. The molecular formula is C22H29F2N3O3+2. The van der Waals surface area contributed by atoms with E-state index in [1.54, 1.807) is 7.11 Å². The van der Waals surface area contributed by atoms with E-state index in [2.05, 4.69) is 5.32 Å². The van der Waals surface area contributed by atoms with Crippen LogP contribution >= 0.6 is 0 Å². The number of carbonyl (C=O) groups is 1. The van der Waals surface area contributed by atoms with Gasteiger partial charge in [-0.25, -0.2) is 8.78 Å². The molecule has 8 heteroatoms. The van der Waals surface area contributed by atoms with E-state index in [9.17, 15) is 13.6 Å². The van der Waals surface area contributed by atoms with E-state index in [4.69, 9.17) is 9.47 Å². The molecule has 3 N–H and O–H groups in total. The highest BCUT2D eigenvalue weighted by Gasteiger charge is 2.31. The summed E-state index contributed by atoms with van der Waals surface area (Å²) >= 11 is 0. The zero-order chi connectivity index (χ0) is 21.5. The minimum Gasteiger partial charge on any atom is -0.497 e. The van der Waals surface area contributed by atoms with Gasteiger partial charge in [0.05, 0.1) is 12.8 Å². The number of anilines is 1. The third-order valence-corrected chi connectivity index (χ3v) is 5.58. The highest BCUT2D eigenvalue weighted by Crippen LogP contribution is 2.16. The number of benzene rings is 2. The molecule has 2 aromatic rings. The molecule has 0 bridgehead atoms. The van der Waals surface area contributed by atoms with Gasteiger partial charge in [0.25, 0.3) is 5.91 Å². The molecule has 1 aliphatic rings. The summed E-state index contributed by atoms with van der Waals surface area (Å²) in [6.07, 6.45) is 0. The minimum absolute atomic E-state index is 0.00703. The molecule has 0 saturated carbocycles. The molecule has 0 aromatic heterocycles. The van der Waals surface area contributed by atoms with Crippen LogP contribution in [0.2, 0.25) is 0 Å².